The van der Waals surface area contributed by atoms with Gasteiger partial charge in [-0.1, -0.05) is 117 Å². The second kappa shape index (κ2) is 16.6. The lowest BCUT2D eigenvalue weighted by Gasteiger charge is -2.19. The van der Waals surface area contributed by atoms with Gasteiger partial charge in [-0.15, -0.1) is 10.2 Å². The first kappa shape index (κ1) is 34.1. The first-order valence-corrected chi connectivity index (χ1v) is 17.8. The number of para-hydroxylation sites is 2. The number of amides is 2. The van der Waals surface area contributed by atoms with Crippen molar-refractivity contribution in [2.75, 3.05) is 11.5 Å². The summed E-state index contributed by atoms with van der Waals surface area (Å²) in [6, 6.07) is 30.0. The molecular weight excluding hydrogens is 681 g/mol. The molecule has 4 aromatic carbocycles. The van der Waals surface area contributed by atoms with Gasteiger partial charge in [0.1, 0.15) is 36.3 Å². The maximum absolute atomic E-state index is 13.7. The highest BCUT2D eigenvalue weighted by Crippen LogP contribution is 2.25. The van der Waals surface area contributed by atoms with E-state index in [9.17, 15) is 19.2 Å². The lowest BCUT2D eigenvalue weighted by Crippen LogP contribution is -2.46. The minimum absolute atomic E-state index is 0.00847. The van der Waals surface area contributed by atoms with Gasteiger partial charge in [0.15, 0.2) is 0 Å². The molecule has 2 N–H and O–H groups in total. The average Bonchev–Trinajstić information content (AvgIpc) is 3.79. The number of alkyl carbamates (subject to hydrolysis) is 2. The molecule has 0 aliphatic carbocycles. The van der Waals surface area contributed by atoms with Gasteiger partial charge in [0.05, 0.1) is 11.0 Å². The van der Waals surface area contributed by atoms with Crippen LogP contribution in [0.5, 0.6) is 0 Å². The number of carbonyl (C=O) groups is 4. The summed E-state index contributed by atoms with van der Waals surface area (Å²) in [5, 5.41) is 21.4. The Morgan fingerprint density at radius 2 is 0.940 bits per heavy atom. The lowest BCUT2D eigenvalue weighted by atomic mass is 10.2. The van der Waals surface area contributed by atoms with Crippen LogP contribution in [0.25, 0.3) is 22.1 Å². The van der Waals surface area contributed by atoms with Crippen LogP contribution in [-0.2, 0) is 22.7 Å². The second-order valence-electron chi connectivity index (χ2n) is 10.7. The van der Waals surface area contributed by atoms with E-state index in [1.54, 1.807) is 48.5 Å². The van der Waals surface area contributed by atoms with Crippen molar-refractivity contribution in [3.05, 3.63) is 120 Å². The Morgan fingerprint density at radius 1 is 0.560 bits per heavy atom. The molecule has 0 aliphatic rings. The third-order valence-electron chi connectivity index (χ3n) is 7.28. The fourth-order valence-electron chi connectivity index (χ4n) is 4.75. The van der Waals surface area contributed by atoms with Gasteiger partial charge >= 0.3 is 12.2 Å². The molecule has 2 aromatic heterocycles. The van der Waals surface area contributed by atoms with E-state index in [0.717, 1.165) is 20.5 Å². The molecule has 0 saturated heterocycles. The van der Waals surface area contributed by atoms with Gasteiger partial charge in [-0.2, -0.15) is 9.36 Å². The number of benzene rings is 4. The number of carbonyl (C=O) groups excluding carboxylic acids is 4. The van der Waals surface area contributed by atoms with Crippen molar-refractivity contribution in [3.63, 3.8) is 0 Å². The predicted molar refractivity (Wildman–Crippen MR) is 188 cm³/mol. The molecular formula is C34H30N8O6S2. The van der Waals surface area contributed by atoms with Crippen LogP contribution in [0.1, 0.15) is 20.7 Å². The normalized spacial score (nSPS) is 12.2. The smallest absolute Gasteiger partial charge is 0.408 e. The highest BCUT2D eigenvalue weighted by molar-refractivity contribution is 8.76. The van der Waals surface area contributed by atoms with Gasteiger partial charge in [-0.05, 0) is 35.4 Å². The standard InChI is InChI=1S/C34H30N8O6S2/c43-31(41-29-17-9-7-15-25(29)37-39-41)27(35-33(45)47-19-23-11-3-1-4-12-23)21-49-50-22-28(36-34(46)48-20-24-13-5-2-6-14-24)32(44)42-30-18-10-8-16-26(30)38-40-42/h1-18,27-28H,19-22H2,(H,35,45)(H,36,46)/t27-,28-/m1/s1. The Balaban J connectivity index is 1.14. The number of hydrogen-bond donors (Lipinski definition) is 2. The molecule has 0 fully saturated rings. The van der Waals surface area contributed by atoms with Crippen LogP contribution in [0.4, 0.5) is 9.59 Å². The minimum Gasteiger partial charge on any atom is -0.445 e. The minimum atomic E-state index is -1.09. The van der Waals surface area contributed by atoms with E-state index in [2.05, 4.69) is 31.3 Å². The summed E-state index contributed by atoms with van der Waals surface area (Å²) >= 11 is 0. The molecule has 0 bridgehead atoms. The third kappa shape index (κ3) is 8.64. The van der Waals surface area contributed by atoms with Crippen LogP contribution in [-0.4, -0.2) is 77.6 Å². The molecule has 50 heavy (non-hydrogen) atoms. The molecule has 2 amide bonds. The number of fused-ring (bicyclic) bond motifs is 2. The SMILES string of the molecule is O=C(N[C@H](CSSC[C@@H](NC(=O)OCc1ccccc1)C(=O)n1nnc2ccccc21)C(=O)n1nnc2ccccc21)OCc1ccccc1. The van der Waals surface area contributed by atoms with Crippen LogP contribution < -0.4 is 10.6 Å². The molecule has 254 valence electrons. The van der Waals surface area contributed by atoms with Gasteiger partial charge in [0.25, 0.3) is 11.8 Å². The van der Waals surface area contributed by atoms with E-state index in [0.29, 0.717) is 22.1 Å². The molecule has 0 saturated carbocycles. The highest BCUT2D eigenvalue weighted by Gasteiger charge is 2.28. The monoisotopic (exact) mass is 710 g/mol. The molecule has 0 aliphatic heterocycles. The zero-order valence-corrected chi connectivity index (χ0v) is 28.0. The first-order chi connectivity index (χ1) is 24.5. The van der Waals surface area contributed by atoms with Crippen molar-refractivity contribution in [2.24, 2.45) is 0 Å². The number of ether oxygens (including phenoxy) is 2. The van der Waals surface area contributed by atoms with E-state index in [-0.39, 0.29) is 24.7 Å². The third-order valence-corrected chi connectivity index (χ3v) is 9.70. The van der Waals surface area contributed by atoms with Crippen LogP contribution >= 0.6 is 21.6 Å². The molecule has 16 heteroatoms. The molecule has 2 atom stereocenters. The quantitative estimate of drug-likeness (QED) is 0.120. The summed E-state index contributed by atoms with van der Waals surface area (Å²) in [7, 11) is 2.41. The van der Waals surface area contributed by atoms with Gasteiger partial charge < -0.3 is 20.1 Å². The fourth-order valence-corrected chi connectivity index (χ4v) is 7.06. The van der Waals surface area contributed by atoms with Crippen LogP contribution in [0, 0.1) is 0 Å². The topological polar surface area (TPSA) is 172 Å². The van der Waals surface area contributed by atoms with Crippen molar-refractivity contribution < 1.29 is 28.7 Å². The summed E-state index contributed by atoms with van der Waals surface area (Å²) in [4.78, 5) is 53.1. The van der Waals surface area contributed by atoms with Crippen LogP contribution in [0.15, 0.2) is 109 Å². The summed E-state index contributed by atoms with van der Waals surface area (Å²) in [6.45, 7) is 0.0169. The molecule has 0 spiro atoms. The number of aromatic nitrogens is 6. The Labute approximate surface area is 293 Å². The molecule has 2 heterocycles. The van der Waals surface area contributed by atoms with E-state index >= 15 is 0 Å². The fraction of sp³-hybridized carbons (Fsp3) is 0.176. The first-order valence-electron chi connectivity index (χ1n) is 15.3. The maximum atomic E-state index is 13.7. The van der Waals surface area contributed by atoms with Crippen molar-refractivity contribution in [1.29, 1.82) is 0 Å². The molecule has 6 rings (SSSR count). The number of hydrogen-bond acceptors (Lipinski definition) is 12. The Kier molecular flexibility index (Phi) is 11.3. The zero-order chi connectivity index (χ0) is 34.7. The number of nitrogens with one attached hydrogen (secondary N) is 2. The van der Waals surface area contributed by atoms with E-state index in [1.165, 1.54) is 21.6 Å². The second-order valence-corrected chi connectivity index (χ2v) is 13.3. The van der Waals surface area contributed by atoms with Crippen LogP contribution in [0.2, 0.25) is 0 Å². The van der Waals surface area contributed by atoms with Crippen molar-refractivity contribution in [3.8, 4) is 0 Å². The van der Waals surface area contributed by atoms with Gasteiger partial charge in [-0.3, -0.25) is 9.59 Å². The van der Waals surface area contributed by atoms with E-state index in [1.807, 2.05) is 60.7 Å². The number of nitrogens with zero attached hydrogens (tertiary/aromatic N) is 6. The molecule has 14 nitrogen and oxygen atoms in total. The predicted octanol–water partition coefficient (Wildman–Crippen LogP) is 5.13. The average molecular weight is 711 g/mol. The summed E-state index contributed by atoms with van der Waals surface area (Å²) in [5.74, 6) is -0.950. The van der Waals surface area contributed by atoms with E-state index in [4.69, 9.17) is 9.47 Å². The van der Waals surface area contributed by atoms with Gasteiger partial charge in [0, 0.05) is 11.5 Å². The summed E-state index contributed by atoms with van der Waals surface area (Å²) < 4.78 is 13.0. The highest BCUT2D eigenvalue weighted by atomic mass is 33.1. The van der Waals surface area contributed by atoms with Crippen molar-refractivity contribution >= 4 is 67.7 Å². The molecule has 0 unspecified atom stereocenters. The Morgan fingerprint density at radius 3 is 1.36 bits per heavy atom. The van der Waals surface area contributed by atoms with Gasteiger partial charge in [-0.25, -0.2) is 9.59 Å². The lowest BCUT2D eigenvalue weighted by molar-refractivity contribution is 0.0833. The van der Waals surface area contributed by atoms with Gasteiger partial charge in [0.2, 0.25) is 0 Å². The maximum Gasteiger partial charge on any atom is 0.408 e. The Hall–Kier alpha value is -5.74. The zero-order valence-electron chi connectivity index (χ0n) is 26.3. The van der Waals surface area contributed by atoms with Crippen molar-refractivity contribution in [2.45, 2.75) is 25.3 Å². The summed E-state index contributed by atoms with van der Waals surface area (Å²) in [5.41, 5.74) is 3.54. The molecule has 0 radical (unpaired) electrons. The van der Waals surface area contributed by atoms with E-state index < -0.39 is 36.1 Å². The van der Waals surface area contributed by atoms with Crippen LogP contribution in [0.3, 0.4) is 0 Å². The number of rotatable bonds is 13. The van der Waals surface area contributed by atoms with Crippen molar-refractivity contribution in [1.82, 2.24) is 40.6 Å². The Bertz CT molecular complexity index is 1940. The summed E-state index contributed by atoms with van der Waals surface area (Å²) in [6.07, 6.45) is -1.59. The molecule has 6 aromatic rings. The largest absolute Gasteiger partial charge is 0.445 e.